The lowest BCUT2D eigenvalue weighted by Crippen LogP contribution is -2.20. The molecule has 6 heteroatoms. The molecule has 0 aliphatic carbocycles. The van der Waals surface area contributed by atoms with E-state index in [1.165, 1.54) is 19.2 Å². The number of esters is 1. The van der Waals surface area contributed by atoms with Crippen LogP contribution in [0.1, 0.15) is 27.0 Å². The zero-order valence-corrected chi connectivity index (χ0v) is 15.4. The van der Waals surface area contributed by atoms with E-state index >= 15 is 0 Å². The van der Waals surface area contributed by atoms with Crippen molar-refractivity contribution in [1.82, 2.24) is 0 Å². The van der Waals surface area contributed by atoms with Gasteiger partial charge in [-0.1, -0.05) is 17.7 Å². The van der Waals surface area contributed by atoms with Crippen LogP contribution in [0.15, 0.2) is 30.3 Å². The van der Waals surface area contributed by atoms with Gasteiger partial charge in [0.15, 0.2) is 6.61 Å². The molecule has 0 saturated heterocycles. The van der Waals surface area contributed by atoms with Gasteiger partial charge in [-0.15, -0.1) is 0 Å². The van der Waals surface area contributed by atoms with E-state index < -0.39 is 5.97 Å². The average molecular weight is 362 g/mol. The second-order valence-electron chi connectivity index (χ2n) is 5.73. The summed E-state index contributed by atoms with van der Waals surface area (Å²) < 4.78 is 10.3. The van der Waals surface area contributed by atoms with Gasteiger partial charge in [-0.05, 0) is 61.7 Å². The molecule has 0 fully saturated rings. The molecule has 0 aromatic heterocycles. The lowest BCUT2D eigenvalue weighted by Gasteiger charge is -2.13. The first-order valence-electron chi connectivity index (χ1n) is 7.70. The molecule has 0 aliphatic rings. The molecule has 0 heterocycles. The van der Waals surface area contributed by atoms with Gasteiger partial charge in [0.2, 0.25) is 0 Å². The van der Waals surface area contributed by atoms with E-state index in [-0.39, 0.29) is 23.1 Å². The molecule has 0 aliphatic heterocycles. The average Bonchev–Trinajstić information content (AvgIpc) is 2.57. The molecule has 0 bridgehead atoms. The Kier molecular flexibility index (Phi) is 6.04. The van der Waals surface area contributed by atoms with Gasteiger partial charge in [0, 0.05) is 5.69 Å². The zero-order valence-electron chi connectivity index (χ0n) is 14.6. The Morgan fingerprint density at radius 3 is 2.52 bits per heavy atom. The standard InChI is InChI=1S/C19H20ClNO4/c1-11-7-12(2)13(3)17(8-11)25-10-18(22)21-14-5-6-16(20)15(9-14)19(23)24-4/h5-9H,10H2,1-4H3,(H,21,22). The van der Waals surface area contributed by atoms with Crippen molar-refractivity contribution >= 4 is 29.2 Å². The van der Waals surface area contributed by atoms with Crippen LogP contribution in [0.25, 0.3) is 0 Å². The van der Waals surface area contributed by atoms with Crippen molar-refractivity contribution < 1.29 is 19.1 Å². The van der Waals surface area contributed by atoms with Crippen LogP contribution in [0, 0.1) is 20.8 Å². The highest BCUT2D eigenvalue weighted by Crippen LogP contribution is 2.24. The van der Waals surface area contributed by atoms with E-state index in [1.54, 1.807) is 6.07 Å². The Hall–Kier alpha value is -2.53. The maximum atomic E-state index is 12.1. The largest absolute Gasteiger partial charge is 0.483 e. The highest BCUT2D eigenvalue weighted by Gasteiger charge is 2.13. The molecule has 0 spiro atoms. The first-order valence-corrected chi connectivity index (χ1v) is 8.08. The van der Waals surface area contributed by atoms with Crippen molar-refractivity contribution in [2.75, 3.05) is 19.0 Å². The van der Waals surface area contributed by atoms with Crippen molar-refractivity contribution in [3.05, 3.63) is 57.6 Å². The van der Waals surface area contributed by atoms with Crippen LogP contribution in [-0.2, 0) is 9.53 Å². The number of benzene rings is 2. The fraction of sp³-hybridized carbons (Fsp3) is 0.263. The summed E-state index contributed by atoms with van der Waals surface area (Å²) in [4.78, 5) is 23.8. The SMILES string of the molecule is COC(=O)c1cc(NC(=O)COc2cc(C)cc(C)c2C)ccc1Cl. The number of carbonyl (C=O) groups excluding carboxylic acids is 2. The number of ether oxygens (including phenoxy) is 2. The summed E-state index contributed by atoms with van der Waals surface area (Å²) in [6, 6.07) is 8.55. The number of hydrogen-bond acceptors (Lipinski definition) is 4. The second kappa shape index (κ2) is 8.03. The number of methoxy groups -OCH3 is 1. The summed E-state index contributed by atoms with van der Waals surface area (Å²) in [5.41, 5.74) is 3.80. The van der Waals surface area contributed by atoms with Crippen LogP contribution in [0.2, 0.25) is 5.02 Å². The van der Waals surface area contributed by atoms with Crippen LogP contribution in [0.4, 0.5) is 5.69 Å². The van der Waals surface area contributed by atoms with Gasteiger partial charge in [0.05, 0.1) is 17.7 Å². The first kappa shape index (κ1) is 18.8. The third-order valence-corrected chi connectivity index (χ3v) is 4.11. The third-order valence-electron chi connectivity index (χ3n) is 3.78. The Labute approximate surface area is 151 Å². The predicted octanol–water partition coefficient (Wildman–Crippen LogP) is 4.07. The van der Waals surface area contributed by atoms with E-state index in [0.717, 1.165) is 16.7 Å². The Bertz CT molecular complexity index is 817. The minimum Gasteiger partial charge on any atom is -0.483 e. The maximum absolute atomic E-state index is 12.1. The highest BCUT2D eigenvalue weighted by atomic mass is 35.5. The van der Waals surface area contributed by atoms with Crippen LogP contribution in [0.3, 0.4) is 0 Å². The number of rotatable bonds is 5. The molecule has 2 aromatic rings. The van der Waals surface area contributed by atoms with E-state index in [2.05, 4.69) is 16.1 Å². The smallest absolute Gasteiger partial charge is 0.339 e. The van der Waals surface area contributed by atoms with Crippen molar-refractivity contribution in [1.29, 1.82) is 0 Å². The number of amides is 1. The molecule has 2 rings (SSSR count). The summed E-state index contributed by atoms with van der Waals surface area (Å²) in [6.07, 6.45) is 0. The fourth-order valence-electron chi connectivity index (χ4n) is 2.36. The molecule has 0 atom stereocenters. The minimum atomic E-state index is -0.566. The third kappa shape index (κ3) is 4.73. The van der Waals surface area contributed by atoms with E-state index in [4.69, 9.17) is 16.3 Å². The fourth-order valence-corrected chi connectivity index (χ4v) is 2.56. The molecule has 0 unspecified atom stereocenters. The minimum absolute atomic E-state index is 0.139. The molecule has 132 valence electrons. The van der Waals surface area contributed by atoms with Crippen LogP contribution in [0.5, 0.6) is 5.75 Å². The van der Waals surface area contributed by atoms with E-state index in [0.29, 0.717) is 11.4 Å². The molecule has 2 aromatic carbocycles. The van der Waals surface area contributed by atoms with Crippen molar-refractivity contribution in [3.8, 4) is 5.75 Å². The Morgan fingerprint density at radius 2 is 1.84 bits per heavy atom. The van der Waals surface area contributed by atoms with E-state index in [1.807, 2.05) is 26.8 Å². The zero-order chi connectivity index (χ0) is 18.6. The molecule has 0 radical (unpaired) electrons. The van der Waals surface area contributed by atoms with Gasteiger partial charge in [-0.2, -0.15) is 0 Å². The quantitative estimate of drug-likeness (QED) is 0.815. The summed E-state index contributed by atoms with van der Waals surface area (Å²) >= 11 is 5.96. The van der Waals surface area contributed by atoms with Crippen LogP contribution >= 0.6 is 11.6 Å². The van der Waals surface area contributed by atoms with Gasteiger partial charge in [-0.3, -0.25) is 4.79 Å². The van der Waals surface area contributed by atoms with Gasteiger partial charge in [0.25, 0.3) is 5.91 Å². The van der Waals surface area contributed by atoms with Crippen molar-refractivity contribution in [2.24, 2.45) is 0 Å². The number of anilines is 1. The normalized spacial score (nSPS) is 10.3. The molecule has 5 nitrogen and oxygen atoms in total. The topological polar surface area (TPSA) is 64.6 Å². The molecule has 1 amide bonds. The predicted molar refractivity (Wildman–Crippen MR) is 97.6 cm³/mol. The highest BCUT2D eigenvalue weighted by molar-refractivity contribution is 6.33. The van der Waals surface area contributed by atoms with Crippen LogP contribution < -0.4 is 10.1 Å². The van der Waals surface area contributed by atoms with Gasteiger partial charge in [-0.25, -0.2) is 4.79 Å². The number of carbonyl (C=O) groups is 2. The number of halogens is 1. The lowest BCUT2D eigenvalue weighted by molar-refractivity contribution is -0.118. The second-order valence-corrected chi connectivity index (χ2v) is 6.14. The van der Waals surface area contributed by atoms with Gasteiger partial charge >= 0.3 is 5.97 Å². The molecular weight excluding hydrogens is 342 g/mol. The summed E-state index contributed by atoms with van der Waals surface area (Å²) in [5.74, 6) is -0.223. The molecule has 25 heavy (non-hydrogen) atoms. The summed E-state index contributed by atoms with van der Waals surface area (Å²) in [7, 11) is 1.27. The van der Waals surface area contributed by atoms with Crippen LogP contribution in [-0.4, -0.2) is 25.6 Å². The van der Waals surface area contributed by atoms with E-state index in [9.17, 15) is 9.59 Å². The molecule has 0 saturated carbocycles. The Balaban J connectivity index is 2.05. The summed E-state index contributed by atoms with van der Waals surface area (Å²) in [6.45, 7) is 5.78. The van der Waals surface area contributed by atoms with Gasteiger partial charge in [0.1, 0.15) is 5.75 Å². The van der Waals surface area contributed by atoms with Gasteiger partial charge < -0.3 is 14.8 Å². The molecular formula is C19H20ClNO4. The number of hydrogen-bond donors (Lipinski definition) is 1. The maximum Gasteiger partial charge on any atom is 0.339 e. The summed E-state index contributed by atoms with van der Waals surface area (Å²) in [5, 5.41) is 2.93. The number of aryl methyl sites for hydroxylation is 2. The Morgan fingerprint density at radius 1 is 1.12 bits per heavy atom. The van der Waals surface area contributed by atoms with Crippen molar-refractivity contribution in [2.45, 2.75) is 20.8 Å². The first-order chi connectivity index (χ1) is 11.8. The van der Waals surface area contributed by atoms with Crippen molar-refractivity contribution in [3.63, 3.8) is 0 Å². The molecule has 1 N–H and O–H groups in total. The lowest BCUT2D eigenvalue weighted by atomic mass is 10.1. The monoisotopic (exact) mass is 361 g/mol. The number of nitrogens with one attached hydrogen (secondary N) is 1.